The number of nitrogens with two attached hydrogens (primary N) is 1. The van der Waals surface area contributed by atoms with Crippen molar-refractivity contribution in [2.45, 2.75) is 92.1 Å². The number of thiophene rings is 1. The molecule has 5 heterocycles. The fourth-order valence-electron chi connectivity index (χ4n) is 8.49. The largest absolute Gasteiger partial charge is 0.391 e. The van der Waals surface area contributed by atoms with E-state index in [1.807, 2.05) is 93.2 Å². The average molecular weight is 1020 g/mol. The molecule has 7 rings (SSSR count). The molecule has 2 aliphatic rings. The third-order valence-corrected chi connectivity index (χ3v) is 14.5. The molecule has 0 unspecified atom stereocenters. The summed E-state index contributed by atoms with van der Waals surface area (Å²) in [6.07, 6.45) is -0.748. The smallest absolute Gasteiger partial charge is 0.246 e. The molecule has 382 valence electrons. The molecule has 6 N–H and O–H groups in total. The van der Waals surface area contributed by atoms with Gasteiger partial charge in [-0.1, -0.05) is 69.0 Å². The zero-order valence-electron chi connectivity index (χ0n) is 41.9. The molecule has 4 atom stereocenters. The second-order valence-corrected chi connectivity index (χ2v) is 20.8. The molecule has 4 amide bonds. The number of nitrogens with zero attached hydrogens (tertiary/aromatic N) is 6. The van der Waals surface area contributed by atoms with Crippen LogP contribution < -0.4 is 21.7 Å². The van der Waals surface area contributed by atoms with Crippen LogP contribution >= 0.6 is 22.7 Å². The number of hydrogen-bond donors (Lipinski definition) is 5. The Kier molecular flexibility index (Phi) is 18.2. The third kappa shape index (κ3) is 13.3. The minimum absolute atomic E-state index is 0.0300. The lowest BCUT2D eigenvalue weighted by Crippen LogP contribution is -2.58. The normalized spacial score (nSPS) is 16.7. The third-order valence-electron chi connectivity index (χ3n) is 12.4. The maximum absolute atomic E-state index is 14.0. The lowest BCUT2D eigenvalue weighted by Gasteiger charge is -2.35. The lowest BCUT2D eigenvalue weighted by atomic mass is 9.85. The topological polar surface area (TPSA) is 238 Å². The summed E-state index contributed by atoms with van der Waals surface area (Å²) < 4.78 is 18.9. The van der Waals surface area contributed by atoms with E-state index in [0.29, 0.717) is 11.6 Å². The second kappa shape index (κ2) is 24.5. The molecule has 2 aromatic carbocycles. The molecule has 0 spiro atoms. The highest BCUT2D eigenvalue weighted by Gasteiger charge is 2.44. The van der Waals surface area contributed by atoms with Gasteiger partial charge in [-0.2, -0.15) is 0 Å². The first-order valence-electron chi connectivity index (χ1n) is 24.0. The quantitative estimate of drug-likeness (QED) is 0.0544. The van der Waals surface area contributed by atoms with Gasteiger partial charge in [0.05, 0.1) is 73.9 Å². The van der Waals surface area contributed by atoms with E-state index in [4.69, 9.17) is 24.9 Å². The molecule has 3 aromatic heterocycles. The number of thiazole rings is 1. The zero-order chi connectivity index (χ0) is 51.5. The molecule has 1 saturated heterocycles. The summed E-state index contributed by atoms with van der Waals surface area (Å²) in [6.45, 7) is 15.0. The molecule has 0 radical (unpaired) electrons. The number of fused-ring (bicyclic) bond motifs is 3. The Balaban J connectivity index is 0.807. The number of ether oxygens (including phenoxy) is 3. The van der Waals surface area contributed by atoms with Gasteiger partial charge in [0.15, 0.2) is 5.82 Å². The predicted molar refractivity (Wildman–Crippen MR) is 276 cm³/mol. The Morgan fingerprint density at radius 2 is 1.60 bits per heavy atom. The monoisotopic (exact) mass is 1020 g/mol. The summed E-state index contributed by atoms with van der Waals surface area (Å²) >= 11 is 3.22. The van der Waals surface area contributed by atoms with Crippen LogP contribution in [0.3, 0.4) is 0 Å². The number of carbonyl (C=O) groups is 4. The standard InChI is InChI=1S/C52H64N10O8S2/c1-31-33(3)72-51-44(31)45(37-14-10-35(11-15-37)9-8-18-53)57-40(48-60-59-34(4)62(48)51)26-42(64)54-19-20-68-21-22-69-23-24-70-29-43(65)58-47(52(5,6)7)50(67)61-28-39(63)25-41(61)49(66)55-27-36-12-16-38(17-13-36)46-32(2)56-30-71-46/h10-17,30,39-41,47,63H,18-29,53H2,1-7H3,(H,54,64)(H,55,66)(H,58,65)/t39-,40+,41+,47-/m1/s1. The number of aromatic nitrogens is 4. The van der Waals surface area contributed by atoms with Crippen LogP contribution in [0.4, 0.5) is 0 Å². The van der Waals surface area contributed by atoms with E-state index in [9.17, 15) is 24.3 Å². The van der Waals surface area contributed by atoms with Gasteiger partial charge in [-0.25, -0.2) is 4.98 Å². The van der Waals surface area contributed by atoms with E-state index in [0.717, 1.165) is 59.5 Å². The first-order valence-corrected chi connectivity index (χ1v) is 25.7. The summed E-state index contributed by atoms with van der Waals surface area (Å²) in [6, 6.07) is 13.2. The summed E-state index contributed by atoms with van der Waals surface area (Å²) in [5.41, 5.74) is 14.2. The first kappa shape index (κ1) is 53.6. The number of aliphatic imine (C=N–C) groups is 1. The highest BCUT2D eigenvalue weighted by atomic mass is 32.1. The average Bonchev–Trinajstić information content (AvgIpc) is 4.12. The van der Waals surface area contributed by atoms with Gasteiger partial charge in [-0.05, 0) is 61.9 Å². The van der Waals surface area contributed by atoms with Gasteiger partial charge in [0.1, 0.15) is 35.6 Å². The molecule has 1 fully saturated rings. The van der Waals surface area contributed by atoms with E-state index in [2.05, 4.69) is 56.8 Å². The number of amides is 4. The molecule has 0 aliphatic carbocycles. The van der Waals surface area contributed by atoms with Crippen molar-refractivity contribution < 1.29 is 38.5 Å². The van der Waals surface area contributed by atoms with Crippen molar-refractivity contribution in [3.05, 3.63) is 104 Å². The van der Waals surface area contributed by atoms with Gasteiger partial charge in [0, 0.05) is 47.6 Å². The molecule has 20 heteroatoms. The van der Waals surface area contributed by atoms with Crippen LogP contribution in [0.25, 0.3) is 15.4 Å². The highest BCUT2D eigenvalue weighted by molar-refractivity contribution is 7.15. The molecular weight excluding hydrogens is 957 g/mol. The van der Waals surface area contributed by atoms with Gasteiger partial charge in [0.25, 0.3) is 0 Å². The minimum Gasteiger partial charge on any atom is -0.391 e. The van der Waals surface area contributed by atoms with Crippen molar-refractivity contribution in [1.82, 2.24) is 40.6 Å². The zero-order valence-corrected chi connectivity index (χ0v) is 43.5. The fourth-order valence-corrected chi connectivity index (χ4v) is 10.5. The number of likely N-dealkylation sites (tertiary alicyclic amines) is 1. The number of aliphatic hydroxyl groups excluding tert-OH is 1. The van der Waals surface area contributed by atoms with Gasteiger partial charge in [-0.15, -0.1) is 32.9 Å². The number of carbonyl (C=O) groups excluding carboxylic acids is 4. The molecule has 2 aliphatic heterocycles. The van der Waals surface area contributed by atoms with Crippen LogP contribution in [-0.4, -0.2) is 137 Å². The maximum Gasteiger partial charge on any atom is 0.246 e. The second-order valence-electron chi connectivity index (χ2n) is 18.8. The summed E-state index contributed by atoms with van der Waals surface area (Å²) in [5.74, 6) is 5.71. The number of aryl methyl sites for hydroxylation is 3. The first-order chi connectivity index (χ1) is 34.5. The molecule has 5 aromatic rings. The van der Waals surface area contributed by atoms with E-state index in [-0.39, 0.29) is 90.5 Å². The van der Waals surface area contributed by atoms with Crippen molar-refractivity contribution in [1.29, 1.82) is 0 Å². The summed E-state index contributed by atoms with van der Waals surface area (Å²) in [5, 5.41) is 29.1. The van der Waals surface area contributed by atoms with Crippen LogP contribution in [0.15, 0.2) is 59.0 Å². The number of nitrogens with one attached hydrogen (secondary N) is 3. The number of benzene rings is 2. The Hall–Kier alpha value is -6.18. The molecular formula is C52H64N10O8S2. The summed E-state index contributed by atoms with van der Waals surface area (Å²) in [7, 11) is 0. The van der Waals surface area contributed by atoms with Crippen LogP contribution in [0, 0.1) is 45.0 Å². The lowest BCUT2D eigenvalue weighted by molar-refractivity contribution is -0.144. The molecule has 0 bridgehead atoms. The van der Waals surface area contributed by atoms with Gasteiger partial charge in [0.2, 0.25) is 23.6 Å². The van der Waals surface area contributed by atoms with Crippen molar-refractivity contribution >= 4 is 52.0 Å². The minimum atomic E-state index is -0.986. The highest BCUT2D eigenvalue weighted by Crippen LogP contribution is 2.39. The van der Waals surface area contributed by atoms with Crippen LogP contribution in [-0.2, 0) is 39.9 Å². The Bertz CT molecular complexity index is 2800. The van der Waals surface area contributed by atoms with E-state index in [1.165, 1.54) is 4.90 Å². The van der Waals surface area contributed by atoms with Gasteiger partial charge in [-0.3, -0.25) is 28.7 Å². The Morgan fingerprint density at radius 3 is 2.28 bits per heavy atom. The fraction of sp³-hybridized carbons (Fsp3) is 0.462. The molecule has 0 saturated carbocycles. The van der Waals surface area contributed by atoms with Crippen molar-refractivity contribution in [3.63, 3.8) is 0 Å². The number of aliphatic hydroxyl groups is 1. The Morgan fingerprint density at radius 1 is 0.903 bits per heavy atom. The molecule has 18 nitrogen and oxygen atoms in total. The van der Waals surface area contributed by atoms with Gasteiger partial charge >= 0.3 is 0 Å². The van der Waals surface area contributed by atoms with E-state index < -0.39 is 41.5 Å². The van der Waals surface area contributed by atoms with Crippen molar-refractivity contribution in [2.75, 3.05) is 59.3 Å². The Labute approximate surface area is 428 Å². The van der Waals surface area contributed by atoms with Crippen LogP contribution in [0.1, 0.15) is 89.7 Å². The predicted octanol–water partition coefficient (Wildman–Crippen LogP) is 4.25. The number of rotatable bonds is 20. The van der Waals surface area contributed by atoms with Crippen molar-refractivity contribution in [3.8, 4) is 27.3 Å². The summed E-state index contributed by atoms with van der Waals surface area (Å²) in [4.78, 5) is 67.0. The van der Waals surface area contributed by atoms with Crippen LogP contribution in [0.2, 0.25) is 0 Å². The van der Waals surface area contributed by atoms with Gasteiger partial charge < -0.3 is 45.9 Å². The number of β-amino-alcohol motifs (C(OH)–C–C–N with tert-alkyl or cyclic N) is 1. The van der Waals surface area contributed by atoms with Crippen LogP contribution in [0.5, 0.6) is 0 Å². The molecule has 72 heavy (non-hydrogen) atoms. The van der Waals surface area contributed by atoms with Crippen molar-refractivity contribution in [2.24, 2.45) is 16.1 Å². The SMILES string of the molecule is Cc1ncsc1-c1ccc(CNC(=O)[C@@H]2C[C@@H](O)CN2C(=O)[C@@H](NC(=O)COCCOCCOCCNC(=O)C[C@@H]2N=C(c3ccc(C#CCN)cc3)c3c(sc(C)c3C)-n3c(C)nnc32)C(C)(C)C)cc1. The van der Waals surface area contributed by atoms with E-state index in [1.54, 1.807) is 22.7 Å². The van der Waals surface area contributed by atoms with E-state index >= 15 is 0 Å². The maximum atomic E-state index is 14.0. The number of hydrogen-bond acceptors (Lipinski definition) is 15.